The molecule has 0 atom stereocenters. The van der Waals surface area contributed by atoms with E-state index < -0.39 is 0 Å². The van der Waals surface area contributed by atoms with Crippen LogP contribution in [0, 0.1) is 0 Å². The van der Waals surface area contributed by atoms with E-state index in [-0.39, 0.29) is 11.9 Å². The fourth-order valence-corrected chi connectivity index (χ4v) is 3.44. The smallest absolute Gasteiger partial charge is 0.323 e. The molecule has 1 saturated heterocycles. The summed E-state index contributed by atoms with van der Waals surface area (Å²) in [6.07, 6.45) is 3.92. The summed E-state index contributed by atoms with van der Waals surface area (Å²) >= 11 is 0. The molecule has 0 spiro atoms. The summed E-state index contributed by atoms with van der Waals surface area (Å²) in [7, 11) is 0. The molecule has 30 heavy (non-hydrogen) atoms. The lowest BCUT2D eigenvalue weighted by atomic mass is 10.2. The van der Waals surface area contributed by atoms with Crippen molar-refractivity contribution < 1.29 is 9.59 Å². The van der Waals surface area contributed by atoms with Crippen LogP contribution in [0.1, 0.15) is 23.2 Å². The van der Waals surface area contributed by atoms with Crippen LogP contribution >= 0.6 is 0 Å². The van der Waals surface area contributed by atoms with Crippen molar-refractivity contribution in [2.75, 3.05) is 33.9 Å². The Balaban J connectivity index is 1.43. The summed E-state index contributed by atoms with van der Waals surface area (Å²) in [5, 5.41) is 8.45. The van der Waals surface area contributed by atoms with Crippen LogP contribution in [0.15, 0.2) is 72.9 Å². The van der Waals surface area contributed by atoms with Crippen LogP contribution in [-0.4, -0.2) is 30.0 Å². The van der Waals surface area contributed by atoms with Crippen molar-refractivity contribution in [3.8, 4) is 0 Å². The Labute approximate surface area is 175 Å². The van der Waals surface area contributed by atoms with Crippen molar-refractivity contribution in [3.63, 3.8) is 0 Å². The highest BCUT2D eigenvalue weighted by Gasteiger charge is 2.20. The van der Waals surface area contributed by atoms with Crippen LogP contribution in [0.2, 0.25) is 0 Å². The third-order valence-electron chi connectivity index (χ3n) is 4.85. The van der Waals surface area contributed by atoms with Gasteiger partial charge in [-0.15, -0.1) is 0 Å². The molecule has 0 unspecified atom stereocenters. The number of benzene rings is 2. The van der Waals surface area contributed by atoms with Crippen molar-refractivity contribution in [1.82, 2.24) is 4.98 Å². The molecule has 2 aromatic carbocycles. The Kier molecular flexibility index (Phi) is 5.89. The Morgan fingerprint density at radius 1 is 0.767 bits per heavy atom. The lowest BCUT2D eigenvalue weighted by molar-refractivity contribution is 0.102. The van der Waals surface area contributed by atoms with Crippen LogP contribution < -0.4 is 20.9 Å². The zero-order valence-corrected chi connectivity index (χ0v) is 16.5. The van der Waals surface area contributed by atoms with Gasteiger partial charge in [-0.25, -0.2) is 9.78 Å². The van der Waals surface area contributed by atoms with Crippen LogP contribution in [-0.2, 0) is 0 Å². The molecule has 4 rings (SSSR count). The van der Waals surface area contributed by atoms with Crippen LogP contribution in [0.25, 0.3) is 0 Å². The summed E-state index contributed by atoms with van der Waals surface area (Å²) < 4.78 is 0. The SMILES string of the molecule is O=C(Nc1ccccc1)Nc1cccc(NC(=O)c2cccnc2N2CCCC2)c1. The largest absolute Gasteiger partial charge is 0.356 e. The minimum atomic E-state index is -0.353. The molecule has 3 aromatic rings. The third-order valence-corrected chi connectivity index (χ3v) is 4.85. The number of para-hydroxylation sites is 1. The molecule has 7 nitrogen and oxygen atoms in total. The van der Waals surface area contributed by atoms with Crippen LogP contribution in [0.5, 0.6) is 0 Å². The second-order valence-corrected chi connectivity index (χ2v) is 7.05. The average Bonchev–Trinajstić information content (AvgIpc) is 3.29. The molecule has 1 aliphatic heterocycles. The number of rotatable bonds is 5. The van der Waals surface area contributed by atoms with Crippen molar-refractivity contribution in [2.24, 2.45) is 0 Å². The molecular formula is C23H23N5O2. The predicted octanol–water partition coefficient (Wildman–Crippen LogP) is 4.58. The van der Waals surface area contributed by atoms with E-state index in [0.717, 1.165) is 25.9 Å². The van der Waals surface area contributed by atoms with E-state index >= 15 is 0 Å². The normalized spacial score (nSPS) is 13.0. The van der Waals surface area contributed by atoms with Crippen molar-refractivity contribution in [1.29, 1.82) is 0 Å². The molecule has 0 aliphatic carbocycles. The van der Waals surface area contributed by atoms with Gasteiger partial charge in [-0.05, 0) is 55.3 Å². The molecule has 1 fully saturated rings. The molecule has 0 saturated carbocycles. The summed E-state index contributed by atoms with van der Waals surface area (Å²) in [6, 6.07) is 19.4. The molecule has 3 amide bonds. The number of urea groups is 1. The Morgan fingerprint density at radius 3 is 2.20 bits per heavy atom. The van der Waals surface area contributed by atoms with E-state index in [9.17, 15) is 9.59 Å². The maximum absolute atomic E-state index is 12.9. The van der Waals surface area contributed by atoms with E-state index in [0.29, 0.717) is 28.4 Å². The highest BCUT2D eigenvalue weighted by molar-refractivity contribution is 6.08. The van der Waals surface area contributed by atoms with Gasteiger partial charge in [-0.3, -0.25) is 4.79 Å². The minimum absolute atomic E-state index is 0.226. The highest BCUT2D eigenvalue weighted by Crippen LogP contribution is 2.23. The molecule has 2 heterocycles. The molecule has 7 heteroatoms. The van der Waals surface area contributed by atoms with Gasteiger partial charge >= 0.3 is 6.03 Å². The van der Waals surface area contributed by atoms with E-state index in [1.807, 2.05) is 30.3 Å². The first-order valence-electron chi connectivity index (χ1n) is 9.93. The van der Waals surface area contributed by atoms with Gasteiger partial charge in [0.1, 0.15) is 5.82 Å². The predicted molar refractivity (Wildman–Crippen MR) is 119 cm³/mol. The molecule has 0 bridgehead atoms. The standard InChI is InChI=1S/C23H23N5O2/c29-22(20-12-7-13-24-21(20)28-14-4-5-15-28)25-18-10-6-11-19(16-18)27-23(30)26-17-8-2-1-3-9-17/h1-3,6-13,16H,4-5,14-15H2,(H,25,29)(H2,26,27,30). The third kappa shape index (κ3) is 4.75. The van der Waals surface area contributed by atoms with Crippen molar-refractivity contribution in [3.05, 3.63) is 78.5 Å². The van der Waals surface area contributed by atoms with Crippen molar-refractivity contribution >= 4 is 34.8 Å². The van der Waals surface area contributed by atoms with E-state index in [1.165, 1.54) is 0 Å². The number of hydrogen-bond donors (Lipinski definition) is 3. The molecule has 1 aromatic heterocycles. The van der Waals surface area contributed by atoms with Gasteiger partial charge in [0.2, 0.25) is 0 Å². The second kappa shape index (κ2) is 9.09. The summed E-state index contributed by atoms with van der Waals surface area (Å²) in [5.74, 6) is 0.486. The number of nitrogens with one attached hydrogen (secondary N) is 3. The number of pyridine rings is 1. The Morgan fingerprint density at radius 2 is 1.43 bits per heavy atom. The van der Waals surface area contributed by atoms with E-state index in [1.54, 1.807) is 42.6 Å². The highest BCUT2D eigenvalue weighted by atomic mass is 16.2. The quantitative estimate of drug-likeness (QED) is 0.584. The number of anilines is 4. The number of carbonyl (C=O) groups excluding carboxylic acids is 2. The first kappa shape index (κ1) is 19.4. The minimum Gasteiger partial charge on any atom is -0.356 e. The van der Waals surface area contributed by atoms with Gasteiger partial charge in [-0.1, -0.05) is 24.3 Å². The zero-order valence-electron chi connectivity index (χ0n) is 16.5. The van der Waals surface area contributed by atoms with Crippen molar-refractivity contribution in [2.45, 2.75) is 12.8 Å². The van der Waals surface area contributed by atoms with Gasteiger partial charge in [0.05, 0.1) is 5.56 Å². The summed E-state index contributed by atoms with van der Waals surface area (Å²) in [4.78, 5) is 31.7. The fourth-order valence-electron chi connectivity index (χ4n) is 3.44. The van der Waals surface area contributed by atoms with E-state index in [4.69, 9.17) is 0 Å². The maximum Gasteiger partial charge on any atom is 0.323 e. The number of hydrogen-bond acceptors (Lipinski definition) is 4. The first-order valence-corrected chi connectivity index (χ1v) is 9.93. The summed E-state index contributed by atoms with van der Waals surface area (Å²) in [6.45, 7) is 1.82. The molecule has 152 valence electrons. The summed E-state index contributed by atoms with van der Waals surface area (Å²) in [5.41, 5.74) is 2.41. The zero-order chi connectivity index (χ0) is 20.8. The van der Waals surface area contributed by atoms with Gasteiger partial charge < -0.3 is 20.9 Å². The number of carbonyl (C=O) groups is 2. The van der Waals surface area contributed by atoms with Gasteiger partial charge in [0.25, 0.3) is 5.91 Å². The second-order valence-electron chi connectivity index (χ2n) is 7.05. The van der Waals surface area contributed by atoms with Gasteiger partial charge in [0, 0.05) is 36.3 Å². The fraction of sp³-hybridized carbons (Fsp3) is 0.174. The molecule has 3 N–H and O–H groups in total. The lowest BCUT2D eigenvalue weighted by Gasteiger charge is -2.19. The average molecular weight is 401 g/mol. The number of nitrogens with zero attached hydrogens (tertiary/aromatic N) is 2. The molecule has 0 radical (unpaired) electrons. The van der Waals surface area contributed by atoms with Gasteiger partial charge in [-0.2, -0.15) is 0 Å². The maximum atomic E-state index is 12.9. The van der Waals surface area contributed by atoms with Crippen LogP contribution in [0.3, 0.4) is 0 Å². The Bertz CT molecular complexity index is 1030. The number of aromatic nitrogens is 1. The monoisotopic (exact) mass is 401 g/mol. The molecule has 1 aliphatic rings. The molecular weight excluding hydrogens is 378 g/mol. The number of amides is 3. The Hall–Kier alpha value is -3.87. The van der Waals surface area contributed by atoms with Crippen LogP contribution in [0.4, 0.5) is 27.7 Å². The first-order chi connectivity index (χ1) is 14.7. The van der Waals surface area contributed by atoms with E-state index in [2.05, 4.69) is 25.8 Å². The van der Waals surface area contributed by atoms with Gasteiger partial charge in [0.15, 0.2) is 0 Å². The topological polar surface area (TPSA) is 86.4 Å². The lowest BCUT2D eigenvalue weighted by Crippen LogP contribution is -2.24.